The Morgan fingerprint density at radius 2 is 1.67 bits per heavy atom. The summed E-state index contributed by atoms with van der Waals surface area (Å²) in [6, 6.07) is 12.2. The van der Waals surface area contributed by atoms with E-state index in [1.165, 1.54) is 11.1 Å². The van der Waals surface area contributed by atoms with Crippen molar-refractivity contribution in [3.05, 3.63) is 63.3 Å². The molecule has 0 N–H and O–H groups in total. The Bertz CT molecular complexity index is 449. The topological polar surface area (TPSA) is 16.1 Å². The third kappa shape index (κ3) is 4.09. The molecule has 0 amide bonds. The van der Waals surface area contributed by atoms with Gasteiger partial charge in [-0.05, 0) is 36.4 Å². The molecule has 0 unspecified atom stereocenters. The van der Waals surface area contributed by atoms with Gasteiger partial charge in [-0.1, -0.05) is 45.7 Å². The van der Waals surface area contributed by atoms with Crippen molar-refractivity contribution >= 4 is 27.5 Å². The summed E-state index contributed by atoms with van der Waals surface area (Å²) in [5.41, 5.74) is 2.46. The van der Waals surface area contributed by atoms with Crippen molar-refractivity contribution in [1.29, 1.82) is 0 Å². The van der Waals surface area contributed by atoms with Crippen molar-refractivity contribution in [3.8, 4) is 0 Å². The smallest absolute Gasteiger partial charge is 0.129 e. The molecular formula is C14H14BrClN2. The number of rotatable bonds is 4. The summed E-state index contributed by atoms with van der Waals surface area (Å²) in [6.45, 7) is 1.77. The monoisotopic (exact) mass is 324 g/mol. The summed E-state index contributed by atoms with van der Waals surface area (Å²) in [4.78, 5) is 6.33. The maximum Gasteiger partial charge on any atom is 0.129 e. The lowest BCUT2D eigenvalue weighted by Gasteiger charge is -2.16. The Balaban J connectivity index is 1.94. The van der Waals surface area contributed by atoms with E-state index < -0.39 is 0 Å². The van der Waals surface area contributed by atoms with Gasteiger partial charge in [-0.15, -0.1) is 0 Å². The van der Waals surface area contributed by atoms with E-state index in [1.807, 2.05) is 18.3 Å². The molecular weight excluding hydrogens is 312 g/mol. The van der Waals surface area contributed by atoms with Crippen LogP contribution in [0.25, 0.3) is 0 Å². The van der Waals surface area contributed by atoms with E-state index in [4.69, 9.17) is 11.6 Å². The zero-order valence-electron chi connectivity index (χ0n) is 10.1. The van der Waals surface area contributed by atoms with Crippen LogP contribution in [0.4, 0.5) is 0 Å². The molecule has 1 aromatic carbocycles. The van der Waals surface area contributed by atoms with Crippen LogP contribution >= 0.6 is 27.5 Å². The van der Waals surface area contributed by atoms with Gasteiger partial charge in [0.05, 0.1) is 0 Å². The molecule has 0 atom stereocenters. The third-order valence-corrected chi connectivity index (χ3v) is 3.36. The maximum atomic E-state index is 5.76. The van der Waals surface area contributed by atoms with Crippen LogP contribution in [0.5, 0.6) is 0 Å². The minimum atomic E-state index is 0.536. The molecule has 0 bridgehead atoms. The molecule has 0 radical (unpaired) electrons. The number of hydrogen-bond acceptors (Lipinski definition) is 2. The predicted octanol–water partition coefficient (Wildman–Crippen LogP) is 4.13. The lowest BCUT2D eigenvalue weighted by Crippen LogP contribution is -2.17. The number of aromatic nitrogens is 1. The highest BCUT2D eigenvalue weighted by Gasteiger charge is 2.02. The molecule has 94 valence electrons. The van der Waals surface area contributed by atoms with Crippen molar-refractivity contribution < 1.29 is 0 Å². The highest BCUT2D eigenvalue weighted by atomic mass is 79.9. The zero-order chi connectivity index (χ0) is 13.0. The fourth-order valence-electron chi connectivity index (χ4n) is 1.77. The Labute approximate surface area is 121 Å². The standard InChI is InChI=1S/C14H14BrClN2/c1-18(9-11-2-5-13(15)6-3-11)10-12-4-7-14(16)17-8-12/h2-8H,9-10H2,1H3. The lowest BCUT2D eigenvalue weighted by atomic mass is 10.2. The Kier molecular flexibility index (Phi) is 4.75. The van der Waals surface area contributed by atoms with Crippen LogP contribution in [-0.2, 0) is 13.1 Å². The van der Waals surface area contributed by atoms with Gasteiger partial charge in [-0.3, -0.25) is 4.90 Å². The average Bonchev–Trinajstić information content (AvgIpc) is 2.35. The van der Waals surface area contributed by atoms with Gasteiger partial charge in [-0.2, -0.15) is 0 Å². The van der Waals surface area contributed by atoms with Crippen molar-refractivity contribution in [2.45, 2.75) is 13.1 Å². The second kappa shape index (κ2) is 6.32. The van der Waals surface area contributed by atoms with Gasteiger partial charge in [0.2, 0.25) is 0 Å². The van der Waals surface area contributed by atoms with Gasteiger partial charge in [-0.25, -0.2) is 4.98 Å². The largest absolute Gasteiger partial charge is 0.298 e. The highest BCUT2D eigenvalue weighted by Crippen LogP contribution is 2.13. The van der Waals surface area contributed by atoms with Crippen molar-refractivity contribution in [1.82, 2.24) is 9.88 Å². The first-order valence-electron chi connectivity index (χ1n) is 5.67. The average molecular weight is 326 g/mol. The van der Waals surface area contributed by atoms with Crippen LogP contribution in [0, 0.1) is 0 Å². The molecule has 18 heavy (non-hydrogen) atoms. The molecule has 1 heterocycles. The van der Waals surface area contributed by atoms with Gasteiger partial charge in [0.25, 0.3) is 0 Å². The molecule has 2 nitrogen and oxygen atoms in total. The zero-order valence-corrected chi connectivity index (χ0v) is 12.4. The highest BCUT2D eigenvalue weighted by molar-refractivity contribution is 9.10. The SMILES string of the molecule is CN(Cc1ccc(Br)cc1)Cc1ccc(Cl)nc1. The summed E-state index contributed by atoms with van der Waals surface area (Å²) in [6.07, 6.45) is 1.82. The molecule has 0 saturated carbocycles. The first-order valence-corrected chi connectivity index (χ1v) is 6.84. The fourth-order valence-corrected chi connectivity index (χ4v) is 2.15. The summed E-state index contributed by atoms with van der Waals surface area (Å²) >= 11 is 9.20. The Hall–Kier alpha value is -0.900. The van der Waals surface area contributed by atoms with Gasteiger partial charge >= 0.3 is 0 Å². The summed E-state index contributed by atoms with van der Waals surface area (Å²) < 4.78 is 1.11. The normalized spacial score (nSPS) is 10.9. The second-order valence-corrected chi connectivity index (χ2v) is 5.59. The van der Waals surface area contributed by atoms with Crippen LogP contribution in [0.1, 0.15) is 11.1 Å². The van der Waals surface area contributed by atoms with Crippen LogP contribution in [0.15, 0.2) is 47.1 Å². The third-order valence-electron chi connectivity index (χ3n) is 2.61. The van der Waals surface area contributed by atoms with E-state index in [0.29, 0.717) is 5.15 Å². The van der Waals surface area contributed by atoms with Gasteiger partial charge in [0, 0.05) is 23.8 Å². The molecule has 4 heteroatoms. The molecule has 0 aliphatic heterocycles. The first kappa shape index (κ1) is 13.5. The summed E-state index contributed by atoms with van der Waals surface area (Å²) in [7, 11) is 2.09. The molecule has 0 fully saturated rings. The van der Waals surface area contributed by atoms with Crippen LogP contribution in [0.2, 0.25) is 5.15 Å². The molecule has 1 aromatic heterocycles. The number of hydrogen-bond donors (Lipinski definition) is 0. The number of halogens is 2. The quantitative estimate of drug-likeness (QED) is 0.786. The number of pyridine rings is 1. The second-order valence-electron chi connectivity index (χ2n) is 4.29. The van der Waals surface area contributed by atoms with Gasteiger partial charge in [0.15, 0.2) is 0 Å². The maximum absolute atomic E-state index is 5.76. The predicted molar refractivity (Wildman–Crippen MR) is 78.6 cm³/mol. The van der Waals surface area contributed by atoms with E-state index in [-0.39, 0.29) is 0 Å². The fraction of sp³-hybridized carbons (Fsp3) is 0.214. The Morgan fingerprint density at radius 3 is 2.28 bits per heavy atom. The van der Waals surface area contributed by atoms with E-state index in [9.17, 15) is 0 Å². The van der Waals surface area contributed by atoms with Crippen molar-refractivity contribution in [2.24, 2.45) is 0 Å². The molecule has 0 aliphatic rings. The summed E-state index contributed by atoms with van der Waals surface area (Å²) in [5.74, 6) is 0. The van der Waals surface area contributed by atoms with E-state index >= 15 is 0 Å². The summed E-state index contributed by atoms with van der Waals surface area (Å²) in [5, 5.41) is 0.536. The number of benzene rings is 1. The number of nitrogens with zero attached hydrogens (tertiary/aromatic N) is 2. The van der Waals surface area contributed by atoms with E-state index in [0.717, 1.165) is 17.6 Å². The van der Waals surface area contributed by atoms with Crippen molar-refractivity contribution in [2.75, 3.05) is 7.05 Å². The van der Waals surface area contributed by atoms with Gasteiger partial charge in [0.1, 0.15) is 5.15 Å². The molecule has 0 aliphatic carbocycles. The van der Waals surface area contributed by atoms with Crippen LogP contribution in [0.3, 0.4) is 0 Å². The molecule has 2 aromatic rings. The molecule has 0 spiro atoms. The minimum absolute atomic E-state index is 0.536. The first-order chi connectivity index (χ1) is 8.63. The van der Waals surface area contributed by atoms with Crippen molar-refractivity contribution in [3.63, 3.8) is 0 Å². The van der Waals surface area contributed by atoms with Crippen LogP contribution in [-0.4, -0.2) is 16.9 Å². The van der Waals surface area contributed by atoms with E-state index in [2.05, 4.69) is 57.1 Å². The lowest BCUT2D eigenvalue weighted by molar-refractivity contribution is 0.318. The minimum Gasteiger partial charge on any atom is -0.298 e. The molecule has 0 saturated heterocycles. The Morgan fingerprint density at radius 1 is 1.06 bits per heavy atom. The molecule has 2 rings (SSSR count). The van der Waals surface area contributed by atoms with E-state index in [1.54, 1.807) is 0 Å². The van der Waals surface area contributed by atoms with Crippen LogP contribution < -0.4 is 0 Å². The van der Waals surface area contributed by atoms with Gasteiger partial charge < -0.3 is 0 Å².